The van der Waals surface area contributed by atoms with Gasteiger partial charge in [-0.3, -0.25) is 0 Å². The molecule has 2 heteroatoms. The Bertz CT molecular complexity index is 324. The maximum absolute atomic E-state index is 4.13. The van der Waals surface area contributed by atoms with E-state index >= 15 is 0 Å². The zero-order valence-corrected chi connectivity index (χ0v) is 8.70. The molecule has 2 aromatic rings. The molecule has 0 radical (unpaired) electrons. The predicted molar refractivity (Wildman–Crippen MR) is 60.0 cm³/mol. The highest BCUT2D eigenvalue weighted by Crippen LogP contribution is 2.11. The first kappa shape index (κ1) is 10.5. The first-order valence-electron chi connectivity index (χ1n) is 4.93. The Hall–Kier alpha value is -1.57. The number of rotatable bonds is 1. The minimum atomic E-state index is 0.922. The minimum Gasteiger partial charge on any atom is -0.345 e. The van der Waals surface area contributed by atoms with Gasteiger partial charge in [0.15, 0.2) is 0 Å². The quantitative estimate of drug-likeness (QED) is 0.729. The molecular weight excluding hydrogens is 172 g/mol. The summed E-state index contributed by atoms with van der Waals surface area (Å²) >= 11 is 0. The first-order chi connectivity index (χ1) is 6.88. The van der Waals surface area contributed by atoms with Crippen LogP contribution in [0.1, 0.15) is 20.3 Å². The number of aromatic nitrogens is 2. The summed E-state index contributed by atoms with van der Waals surface area (Å²) in [6, 6.07) is 10.0. The van der Waals surface area contributed by atoms with Gasteiger partial charge in [0.05, 0.1) is 0 Å². The average Bonchev–Trinajstić information content (AvgIpc) is 2.73. The molecule has 1 aromatic heterocycles. The van der Waals surface area contributed by atoms with Crippen molar-refractivity contribution in [1.82, 2.24) is 9.97 Å². The third-order valence-electron chi connectivity index (χ3n) is 1.55. The second-order valence-corrected chi connectivity index (χ2v) is 3.01. The Morgan fingerprint density at radius 3 is 2.29 bits per heavy atom. The van der Waals surface area contributed by atoms with Crippen LogP contribution in [0, 0.1) is 0 Å². The minimum absolute atomic E-state index is 0.922. The van der Waals surface area contributed by atoms with Gasteiger partial charge in [0.2, 0.25) is 0 Å². The molecule has 2 nitrogen and oxygen atoms in total. The number of H-pyrrole nitrogens is 1. The molecule has 14 heavy (non-hydrogen) atoms. The van der Waals surface area contributed by atoms with Crippen molar-refractivity contribution in [3.05, 3.63) is 42.7 Å². The van der Waals surface area contributed by atoms with Crippen LogP contribution in [0.3, 0.4) is 0 Å². The summed E-state index contributed by atoms with van der Waals surface area (Å²) in [7, 11) is 0. The smallest absolute Gasteiger partial charge is 0.137 e. The van der Waals surface area contributed by atoms with E-state index in [1.54, 1.807) is 6.20 Å². The molecule has 74 valence electrons. The maximum atomic E-state index is 4.13. The number of imidazole rings is 1. The molecule has 1 aromatic carbocycles. The van der Waals surface area contributed by atoms with Crippen molar-refractivity contribution in [3.8, 4) is 11.4 Å². The number of benzene rings is 1. The molecule has 0 saturated heterocycles. The number of hydrogen-bond donors (Lipinski definition) is 1. The molecule has 0 aliphatic rings. The lowest BCUT2D eigenvalue weighted by molar-refractivity contribution is 1.09. The van der Waals surface area contributed by atoms with E-state index in [9.17, 15) is 0 Å². The SMILES string of the molecule is CCC.c1ccc(-c2ncc[nH]2)cc1. The third-order valence-corrected chi connectivity index (χ3v) is 1.55. The topological polar surface area (TPSA) is 28.7 Å². The summed E-state index contributed by atoms with van der Waals surface area (Å²) in [4.78, 5) is 7.17. The zero-order valence-electron chi connectivity index (χ0n) is 8.70. The number of aromatic amines is 1. The Morgan fingerprint density at radius 1 is 1.14 bits per heavy atom. The van der Waals surface area contributed by atoms with Crippen molar-refractivity contribution in [2.75, 3.05) is 0 Å². The molecule has 0 fully saturated rings. The van der Waals surface area contributed by atoms with Crippen LogP contribution in [0.2, 0.25) is 0 Å². The fourth-order valence-corrected chi connectivity index (χ4v) is 1.02. The third kappa shape index (κ3) is 3.05. The molecule has 2 rings (SSSR count). The van der Waals surface area contributed by atoms with E-state index in [0.29, 0.717) is 0 Å². The second-order valence-electron chi connectivity index (χ2n) is 3.01. The van der Waals surface area contributed by atoms with Gasteiger partial charge in [-0.25, -0.2) is 4.98 Å². The highest BCUT2D eigenvalue weighted by Gasteiger charge is 1.94. The summed E-state index contributed by atoms with van der Waals surface area (Å²) in [5.74, 6) is 0.922. The van der Waals surface area contributed by atoms with Crippen molar-refractivity contribution < 1.29 is 0 Å². The van der Waals surface area contributed by atoms with E-state index in [1.807, 2.05) is 36.5 Å². The van der Waals surface area contributed by atoms with Crippen LogP contribution in [0.25, 0.3) is 11.4 Å². The molecule has 0 saturated carbocycles. The maximum Gasteiger partial charge on any atom is 0.137 e. The lowest BCUT2D eigenvalue weighted by atomic mass is 10.2. The van der Waals surface area contributed by atoms with Gasteiger partial charge in [0, 0.05) is 18.0 Å². The van der Waals surface area contributed by atoms with Gasteiger partial charge in [0.25, 0.3) is 0 Å². The molecule has 1 heterocycles. The molecule has 0 bridgehead atoms. The Balaban J connectivity index is 0.000000293. The molecule has 0 atom stereocenters. The first-order valence-corrected chi connectivity index (χ1v) is 4.93. The van der Waals surface area contributed by atoms with Crippen LogP contribution < -0.4 is 0 Å². The van der Waals surface area contributed by atoms with E-state index in [-0.39, 0.29) is 0 Å². The second kappa shape index (κ2) is 5.97. The average molecular weight is 188 g/mol. The van der Waals surface area contributed by atoms with Crippen LogP contribution in [0.15, 0.2) is 42.7 Å². The predicted octanol–water partition coefficient (Wildman–Crippen LogP) is 3.49. The molecule has 0 aliphatic heterocycles. The Morgan fingerprint density at radius 2 is 1.79 bits per heavy atom. The number of nitrogens with one attached hydrogen (secondary N) is 1. The van der Waals surface area contributed by atoms with Gasteiger partial charge in [-0.1, -0.05) is 50.6 Å². The fourth-order valence-electron chi connectivity index (χ4n) is 1.02. The van der Waals surface area contributed by atoms with E-state index in [4.69, 9.17) is 0 Å². The van der Waals surface area contributed by atoms with Crippen LogP contribution in [-0.4, -0.2) is 9.97 Å². The molecule has 0 unspecified atom stereocenters. The fraction of sp³-hybridized carbons (Fsp3) is 0.250. The summed E-state index contributed by atoms with van der Waals surface area (Å²) < 4.78 is 0. The monoisotopic (exact) mass is 188 g/mol. The van der Waals surface area contributed by atoms with Crippen LogP contribution in [0.5, 0.6) is 0 Å². The number of nitrogens with zero attached hydrogens (tertiary/aromatic N) is 1. The molecule has 0 amide bonds. The van der Waals surface area contributed by atoms with Gasteiger partial charge in [-0.15, -0.1) is 0 Å². The summed E-state index contributed by atoms with van der Waals surface area (Å²) in [6.45, 7) is 4.25. The van der Waals surface area contributed by atoms with E-state index in [1.165, 1.54) is 6.42 Å². The summed E-state index contributed by atoms with van der Waals surface area (Å²) in [5.41, 5.74) is 1.12. The van der Waals surface area contributed by atoms with E-state index in [2.05, 4.69) is 23.8 Å². The normalized spacial score (nSPS) is 9.00. The van der Waals surface area contributed by atoms with Crippen LogP contribution in [0.4, 0.5) is 0 Å². The van der Waals surface area contributed by atoms with Crippen molar-refractivity contribution in [2.24, 2.45) is 0 Å². The summed E-state index contributed by atoms with van der Waals surface area (Å²) in [5, 5.41) is 0. The van der Waals surface area contributed by atoms with Crippen molar-refractivity contribution in [3.63, 3.8) is 0 Å². The van der Waals surface area contributed by atoms with Crippen molar-refractivity contribution in [1.29, 1.82) is 0 Å². The van der Waals surface area contributed by atoms with E-state index < -0.39 is 0 Å². The van der Waals surface area contributed by atoms with Gasteiger partial charge < -0.3 is 4.98 Å². The van der Waals surface area contributed by atoms with Crippen molar-refractivity contribution >= 4 is 0 Å². The van der Waals surface area contributed by atoms with Crippen molar-refractivity contribution in [2.45, 2.75) is 20.3 Å². The Labute approximate surface area is 85.0 Å². The lowest BCUT2D eigenvalue weighted by Gasteiger charge is -1.92. The largest absolute Gasteiger partial charge is 0.345 e. The molecule has 0 spiro atoms. The van der Waals surface area contributed by atoms with E-state index in [0.717, 1.165) is 11.4 Å². The van der Waals surface area contributed by atoms with Gasteiger partial charge in [-0.05, 0) is 0 Å². The molecule has 0 aliphatic carbocycles. The number of hydrogen-bond acceptors (Lipinski definition) is 1. The standard InChI is InChI=1S/C9H8N2.C3H8/c1-2-4-8(5-3-1)9-10-6-7-11-9;1-3-2/h1-7H,(H,10,11);3H2,1-2H3. The van der Waals surface area contributed by atoms with Gasteiger partial charge in [0.1, 0.15) is 5.82 Å². The van der Waals surface area contributed by atoms with Crippen LogP contribution in [-0.2, 0) is 0 Å². The van der Waals surface area contributed by atoms with Gasteiger partial charge >= 0.3 is 0 Å². The summed E-state index contributed by atoms with van der Waals surface area (Å²) in [6.07, 6.45) is 4.82. The highest BCUT2D eigenvalue weighted by atomic mass is 14.9. The Kier molecular flexibility index (Phi) is 4.48. The lowest BCUT2D eigenvalue weighted by Crippen LogP contribution is -1.77. The highest BCUT2D eigenvalue weighted by molar-refractivity contribution is 5.53. The molecular formula is C12H16N2. The zero-order chi connectivity index (χ0) is 10.2. The molecule has 1 N–H and O–H groups in total. The van der Waals surface area contributed by atoms with Crippen LogP contribution >= 0.6 is 0 Å². The van der Waals surface area contributed by atoms with Gasteiger partial charge in [-0.2, -0.15) is 0 Å².